The van der Waals surface area contributed by atoms with Crippen LogP contribution in [0.5, 0.6) is 5.75 Å². The van der Waals surface area contributed by atoms with Crippen molar-refractivity contribution in [1.82, 2.24) is 10.2 Å². The van der Waals surface area contributed by atoms with Crippen LogP contribution in [0.2, 0.25) is 0 Å². The summed E-state index contributed by atoms with van der Waals surface area (Å²) in [6.45, 7) is 1.37. The number of hydrogen-bond donors (Lipinski definition) is 3. The minimum atomic E-state index is -2.94. The minimum Gasteiger partial charge on any atom is -0.497 e. The van der Waals surface area contributed by atoms with Crippen molar-refractivity contribution in [2.45, 2.75) is 25.4 Å². The molecule has 0 spiro atoms. The van der Waals surface area contributed by atoms with Gasteiger partial charge in [-0.15, -0.1) is 0 Å². The molecule has 0 aliphatic rings. The van der Waals surface area contributed by atoms with E-state index in [1.807, 2.05) is 0 Å². The van der Waals surface area contributed by atoms with Gasteiger partial charge in [-0.1, -0.05) is 19.1 Å². The van der Waals surface area contributed by atoms with E-state index in [0.29, 0.717) is 22.7 Å². The number of aromatic amines is 1. The van der Waals surface area contributed by atoms with Gasteiger partial charge in [-0.3, -0.25) is 5.10 Å². The van der Waals surface area contributed by atoms with Gasteiger partial charge in [0.05, 0.1) is 19.9 Å². The van der Waals surface area contributed by atoms with Crippen molar-refractivity contribution in [3.63, 3.8) is 0 Å². The van der Waals surface area contributed by atoms with E-state index >= 15 is 0 Å². The molecule has 3 N–H and O–H groups in total. The zero-order valence-corrected chi connectivity index (χ0v) is 18.0. The number of aliphatic hydroxyl groups excluding tert-OH is 1. The van der Waals surface area contributed by atoms with Gasteiger partial charge in [-0.05, 0) is 36.4 Å². The first-order chi connectivity index (χ1) is 15.3. The molecule has 170 valence electrons. The fraction of sp³-hybridized carbons (Fsp3) is 0.304. The highest BCUT2D eigenvalue weighted by Gasteiger charge is 2.29. The number of aliphatic hydroxyl groups is 1. The van der Waals surface area contributed by atoms with Gasteiger partial charge in [0.15, 0.2) is 0 Å². The van der Waals surface area contributed by atoms with E-state index in [2.05, 4.69) is 15.5 Å². The highest BCUT2D eigenvalue weighted by atomic mass is 19.3. The third-order valence-electron chi connectivity index (χ3n) is 5.12. The van der Waals surface area contributed by atoms with E-state index in [0.717, 1.165) is 0 Å². The van der Waals surface area contributed by atoms with Crippen molar-refractivity contribution in [3.8, 4) is 17.0 Å². The monoisotopic (exact) mass is 445 g/mol. The quantitative estimate of drug-likeness (QED) is 0.419. The first-order valence-electron chi connectivity index (χ1n) is 10.0. The van der Waals surface area contributed by atoms with Crippen LogP contribution in [0.25, 0.3) is 11.3 Å². The molecule has 0 fully saturated rings. The Hall–Kier alpha value is -3.46. The summed E-state index contributed by atoms with van der Waals surface area (Å²) in [6.07, 6.45) is -1.50. The normalized spacial score (nSPS) is 12.3. The molecule has 1 atom stereocenters. The molecule has 0 aliphatic carbocycles. The minimum absolute atomic E-state index is 0.0129. The van der Waals surface area contributed by atoms with Crippen molar-refractivity contribution in [2.75, 3.05) is 26.1 Å². The third kappa shape index (κ3) is 4.88. The van der Waals surface area contributed by atoms with Crippen molar-refractivity contribution < 1.29 is 28.2 Å². The third-order valence-corrected chi connectivity index (χ3v) is 5.12. The topological polar surface area (TPSA) is 96.5 Å². The lowest BCUT2D eigenvalue weighted by Gasteiger charge is -2.18. The zero-order valence-electron chi connectivity index (χ0n) is 18.0. The van der Waals surface area contributed by atoms with E-state index in [9.17, 15) is 18.7 Å². The number of H-pyrrole nitrogens is 1. The number of alkyl halides is 2. The van der Waals surface area contributed by atoms with E-state index in [4.69, 9.17) is 9.47 Å². The molecule has 0 amide bonds. The molecule has 2 aromatic carbocycles. The summed E-state index contributed by atoms with van der Waals surface area (Å²) in [5, 5.41) is 20.7. The summed E-state index contributed by atoms with van der Waals surface area (Å²) in [4.78, 5) is 12.2. The van der Waals surface area contributed by atoms with Crippen LogP contribution in [0.4, 0.5) is 14.5 Å². The van der Waals surface area contributed by atoms with Crippen molar-refractivity contribution >= 4 is 11.7 Å². The number of nitrogens with one attached hydrogen (secondary N) is 2. The lowest BCUT2D eigenvalue weighted by atomic mass is 10.0. The number of benzene rings is 2. The second kappa shape index (κ2) is 9.78. The first-order valence-corrected chi connectivity index (χ1v) is 10.0. The average molecular weight is 445 g/mol. The van der Waals surface area contributed by atoms with Gasteiger partial charge in [-0.25, -0.2) is 13.6 Å². The summed E-state index contributed by atoms with van der Waals surface area (Å²) in [5.41, 5.74) is 1.58. The lowest BCUT2D eigenvalue weighted by molar-refractivity contribution is -0.00824. The molecule has 3 aromatic rings. The van der Waals surface area contributed by atoms with Gasteiger partial charge in [0.25, 0.3) is 5.92 Å². The largest absolute Gasteiger partial charge is 0.497 e. The molecule has 7 nitrogen and oxygen atoms in total. The molecule has 0 bridgehead atoms. The zero-order chi connectivity index (χ0) is 23.3. The molecule has 1 aromatic heterocycles. The number of rotatable bonds is 9. The van der Waals surface area contributed by atoms with E-state index in [-0.39, 0.29) is 29.8 Å². The van der Waals surface area contributed by atoms with Gasteiger partial charge in [0.2, 0.25) is 0 Å². The van der Waals surface area contributed by atoms with Crippen LogP contribution in [-0.2, 0) is 10.7 Å². The van der Waals surface area contributed by atoms with Crippen molar-refractivity contribution in [3.05, 3.63) is 65.4 Å². The second-order valence-electron chi connectivity index (χ2n) is 7.12. The lowest BCUT2D eigenvalue weighted by Crippen LogP contribution is -2.17. The highest BCUT2D eigenvalue weighted by molar-refractivity contribution is 5.91. The predicted octanol–water partition coefficient (Wildman–Crippen LogP) is 4.52. The van der Waals surface area contributed by atoms with Crippen LogP contribution in [0, 0.1) is 0 Å². The number of anilines is 1. The van der Waals surface area contributed by atoms with E-state index < -0.39 is 18.0 Å². The van der Waals surface area contributed by atoms with Crippen LogP contribution in [0.3, 0.4) is 0 Å². The Morgan fingerprint density at radius 2 is 1.94 bits per heavy atom. The number of carbonyl (C=O) groups is 1. The van der Waals surface area contributed by atoms with Gasteiger partial charge in [0.1, 0.15) is 17.5 Å². The summed E-state index contributed by atoms with van der Waals surface area (Å²) in [6, 6.07) is 12.8. The average Bonchev–Trinajstić information content (AvgIpc) is 3.27. The number of esters is 1. The Labute approximate surface area is 184 Å². The molecular weight excluding hydrogens is 420 g/mol. The van der Waals surface area contributed by atoms with Gasteiger partial charge in [-0.2, -0.15) is 5.10 Å². The molecule has 0 saturated carbocycles. The Morgan fingerprint density at radius 1 is 1.22 bits per heavy atom. The first kappa shape index (κ1) is 23.2. The maximum Gasteiger partial charge on any atom is 0.356 e. The van der Waals surface area contributed by atoms with Crippen molar-refractivity contribution in [1.29, 1.82) is 0 Å². The Bertz CT molecular complexity index is 1070. The summed E-state index contributed by atoms with van der Waals surface area (Å²) in [7, 11) is 2.77. The fourth-order valence-electron chi connectivity index (χ4n) is 3.28. The molecule has 0 aliphatic heterocycles. The molecule has 9 heteroatoms. The molecule has 0 radical (unpaired) electrons. The number of methoxy groups -OCH3 is 2. The van der Waals surface area contributed by atoms with Crippen LogP contribution in [0.15, 0.2) is 48.5 Å². The van der Waals surface area contributed by atoms with Gasteiger partial charge >= 0.3 is 5.97 Å². The molecule has 1 unspecified atom stereocenters. The Kier molecular flexibility index (Phi) is 7.09. The molecule has 0 saturated heterocycles. The van der Waals surface area contributed by atoms with Gasteiger partial charge < -0.3 is 19.9 Å². The molecule has 3 rings (SSSR count). The fourth-order valence-corrected chi connectivity index (χ4v) is 3.28. The molecular formula is C23H25F2N3O4. The number of aromatic nitrogens is 2. The summed E-state index contributed by atoms with van der Waals surface area (Å²) < 4.78 is 38.0. The second-order valence-corrected chi connectivity index (χ2v) is 7.12. The number of ether oxygens (including phenoxy) is 2. The molecule has 1 heterocycles. The smallest absolute Gasteiger partial charge is 0.356 e. The summed E-state index contributed by atoms with van der Waals surface area (Å²) >= 11 is 0. The maximum absolute atomic E-state index is 14.0. The van der Waals surface area contributed by atoms with E-state index in [1.165, 1.54) is 32.2 Å². The SMILES string of the molecule is CCC(F)(F)c1cccc(NCC(O)c2c(-c3ccc(OC)cc3)n[nH]c2C(=O)OC)c1. The van der Waals surface area contributed by atoms with Crippen molar-refractivity contribution in [2.24, 2.45) is 0 Å². The standard InChI is InChI=1S/C23H25F2N3O4/c1-4-23(24,25)15-6-5-7-16(12-15)26-13-18(29)19-20(27-28-21(19)22(30)32-3)14-8-10-17(31-2)11-9-14/h5-12,18,26,29H,4,13H2,1-3H3,(H,27,28). The Morgan fingerprint density at radius 3 is 2.56 bits per heavy atom. The summed E-state index contributed by atoms with van der Waals surface area (Å²) in [5.74, 6) is -2.98. The number of halogens is 2. The van der Waals surface area contributed by atoms with Gasteiger partial charge in [0, 0.05) is 35.3 Å². The highest BCUT2D eigenvalue weighted by Crippen LogP contribution is 2.34. The predicted molar refractivity (Wildman–Crippen MR) is 116 cm³/mol. The van der Waals surface area contributed by atoms with Crippen LogP contribution in [0.1, 0.15) is 41.1 Å². The number of hydrogen-bond acceptors (Lipinski definition) is 6. The maximum atomic E-state index is 14.0. The number of carbonyl (C=O) groups excluding carboxylic acids is 1. The van der Waals surface area contributed by atoms with E-state index in [1.54, 1.807) is 37.4 Å². The molecule has 32 heavy (non-hydrogen) atoms. The van der Waals surface area contributed by atoms with Crippen LogP contribution in [-0.4, -0.2) is 42.0 Å². The van der Waals surface area contributed by atoms with Crippen LogP contribution >= 0.6 is 0 Å². The number of nitrogens with zero attached hydrogens (tertiary/aromatic N) is 1. The Balaban J connectivity index is 1.88. The van der Waals surface area contributed by atoms with Crippen LogP contribution < -0.4 is 10.1 Å².